The summed E-state index contributed by atoms with van der Waals surface area (Å²) >= 11 is 0. The minimum absolute atomic E-state index is 0.0200. The number of nitrogens with zero attached hydrogens (tertiary/aromatic N) is 1. The quantitative estimate of drug-likeness (QED) is 0.809. The number of ether oxygens (including phenoxy) is 1. The first-order chi connectivity index (χ1) is 12.8. The Kier molecular flexibility index (Phi) is 5.09. The molecule has 2 aromatic rings. The number of esters is 1. The number of hydrogen-bond acceptors (Lipinski definition) is 5. The summed E-state index contributed by atoms with van der Waals surface area (Å²) in [5, 5.41) is 2.93. The van der Waals surface area contributed by atoms with E-state index in [1.165, 1.54) is 24.3 Å². The molecule has 0 unspecified atom stereocenters. The van der Waals surface area contributed by atoms with Crippen molar-refractivity contribution in [2.45, 2.75) is 13.8 Å². The largest absolute Gasteiger partial charge is 0.462 e. The van der Waals surface area contributed by atoms with Gasteiger partial charge in [-0.3, -0.25) is 0 Å². The van der Waals surface area contributed by atoms with Gasteiger partial charge in [0.25, 0.3) is 10.0 Å². The number of anilines is 1. The summed E-state index contributed by atoms with van der Waals surface area (Å²) in [6, 6.07) is 11.7. The summed E-state index contributed by atoms with van der Waals surface area (Å²) in [5.74, 6) is -0.779. The maximum absolute atomic E-state index is 13.1. The van der Waals surface area contributed by atoms with Gasteiger partial charge in [-0.2, -0.15) is 8.42 Å². The zero-order valence-corrected chi connectivity index (χ0v) is 15.5. The lowest BCUT2D eigenvalue weighted by atomic mass is 10.1. The van der Waals surface area contributed by atoms with Crippen LogP contribution in [0.4, 0.5) is 10.1 Å². The number of carbonyl (C=O) groups is 1. The first-order valence-corrected chi connectivity index (χ1v) is 9.62. The predicted molar refractivity (Wildman–Crippen MR) is 101 cm³/mol. The Labute approximate surface area is 156 Å². The van der Waals surface area contributed by atoms with Gasteiger partial charge in [0.15, 0.2) is 0 Å². The van der Waals surface area contributed by atoms with Gasteiger partial charge in [0.1, 0.15) is 16.6 Å². The summed E-state index contributed by atoms with van der Waals surface area (Å²) in [6.07, 6.45) is 0. The van der Waals surface area contributed by atoms with Crippen molar-refractivity contribution in [2.75, 3.05) is 11.9 Å². The molecule has 0 saturated heterocycles. The zero-order chi connectivity index (χ0) is 19.6. The number of benzene rings is 2. The smallest absolute Gasteiger partial charge is 0.338 e. The first kappa shape index (κ1) is 18.8. The minimum Gasteiger partial charge on any atom is -0.462 e. The first-order valence-electron chi connectivity index (χ1n) is 8.18. The molecule has 0 fully saturated rings. The summed E-state index contributed by atoms with van der Waals surface area (Å²) in [4.78, 5) is 11.9. The van der Waals surface area contributed by atoms with Crippen LogP contribution in [-0.4, -0.2) is 26.8 Å². The van der Waals surface area contributed by atoms with Crippen LogP contribution in [0, 0.1) is 5.82 Å². The normalized spacial score (nSPS) is 15.4. The molecule has 0 bridgehead atoms. The molecule has 8 heteroatoms. The van der Waals surface area contributed by atoms with Crippen LogP contribution in [0.15, 0.2) is 58.5 Å². The number of carbonyl (C=O) groups excluding carboxylic acids is 1. The molecule has 0 radical (unpaired) electrons. The number of sulfonamides is 1. The maximum Gasteiger partial charge on any atom is 0.338 e. The molecule has 0 aliphatic carbocycles. The van der Waals surface area contributed by atoms with Crippen LogP contribution in [-0.2, 0) is 14.8 Å². The fraction of sp³-hybridized carbons (Fsp3) is 0.158. The van der Waals surface area contributed by atoms with Gasteiger partial charge in [0.05, 0.1) is 12.2 Å². The standard InChI is InChI=1S/C19H17FN2O4S/c1-3-26-19(23)14-5-4-6-16(11-14)21-18-12(2)17(27(24,25)22-18)13-7-9-15(20)10-8-13/h4-11H,3H2,1-2H3,(H,21,22). The van der Waals surface area contributed by atoms with Gasteiger partial charge in [-0.05, 0) is 49.7 Å². The highest BCUT2D eigenvalue weighted by molar-refractivity contribution is 8.00. The minimum atomic E-state index is -3.92. The van der Waals surface area contributed by atoms with Crippen LogP contribution in [0.5, 0.6) is 0 Å². The van der Waals surface area contributed by atoms with E-state index in [1.54, 1.807) is 38.1 Å². The number of nitrogens with one attached hydrogen (secondary N) is 1. The second kappa shape index (κ2) is 7.32. The van der Waals surface area contributed by atoms with Gasteiger partial charge in [0.2, 0.25) is 0 Å². The fourth-order valence-corrected chi connectivity index (χ4v) is 4.13. The molecular weight excluding hydrogens is 371 g/mol. The second-order valence-electron chi connectivity index (χ2n) is 5.80. The number of halogens is 1. The van der Waals surface area contributed by atoms with Crippen molar-refractivity contribution in [1.29, 1.82) is 0 Å². The lowest BCUT2D eigenvalue weighted by molar-refractivity contribution is 0.0526. The molecule has 1 aliphatic rings. The van der Waals surface area contributed by atoms with E-state index in [9.17, 15) is 17.6 Å². The highest BCUT2D eigenvalue weighted by atomic mass is 32.2. The highest BCUT2D eigenvalue weighted by Gasteiger charge is 2.31. The molecule has 6 nitrogen and oxygen atoms in total. The Bertz CT molecular complexity index is 1060. The Morgan fingerprint density at radius 1 is 1.19 bits per heavy atom. The van der Waals surface area contributed by atoms with Crippen molar-refractivity contribution < 1.29 is 22.3 Å². The summed E-state index contributed by atoms with van der Waals surface area (Å²) in [5.41, 5.74) is 1.59. The molecule has 0 saturated carbocycles. The molecule has 0 spiro atoms. The third kappa shape index (κ3) is 3.90. The van der Waals surface area contributed by atoms with Crippen LogP contribution in [0.3, 0.4) is 0 Å². The van der Waals surface area contributed by atoms with Crippen LogP contribution in [0.2, 0.25) is 0 Å². The lowest BCUT2D eigenvalue weighted by Gasteiger charge is -2.09. The number of hydrogen-bond donors (Lipinski definition) is 1. The Morgan fingerprint density at radius 2 is 1.89 bits per heavy atom. The molecule has 140 valence electrons. The van der Waals surface area contributed by atoms with E-state index in [2.05, 4.69) is 9.71 Å². The Morgan fingerprint density at radius 3 is 2.56 bits per heavy atom. The molecule has 2 aromatic carbocycles. The van der Waals surface area contributed by atoms with Crippen LogP contribution in [0.1, 0.15) is 29.8 Å². The van der Waals surface area contributed by atoms with Gasteiger partial charge in [0, 0.05) is 11.3 Å². The lowest BCUT2D eigenvalue weighted by Crippen LogP contribution is -2.12. The average Bonchev–Trinajstić information content (AvgIpc) is 2.85. The molecule has 1 aliphatic heterocycles. The van der Waals surface area contributed by atoms with E-state index in [-0.39, 0.29) is 17.3 Å². The molecule has 1 N–H and O–H groups in total. The van der Waals surface area contributed by atoms with Crippen LogP contribution < -0.4 is 5.32 Å². The Hall–Kier alpha value is -3.00. The zero-order valence-electron chi connectivity index (χ0n) is 14.7. The van der Waals surface area contributed by atoms with Crippen LogP contribution >= 0.6 is 0 Å². The van der Waals surface area contributed by atoms with Gasteiger partial charge < -0.3 is 10.1 Å². The van der Waals surface area contributed by atoms with Gasteiger partial charge >= 0.3 is 5.97 Å². The SMILES string of the molecule is CCOC(=O)c1cccc(NC2=NS(=O)(=O)C(c3ccc(F)cc3)=C2C)c1. The summed E-state index contributed by atoms with van der Waals surface area (Å²) < 4.78 is 46.8. The fourth-order valence-electron chi connectivity index (χ4n) is 2.69. The average molecular weight is 388 g/mol. The van der Waals surface area contributed by atoms with E-state index < -0.39 is 21.8 Å². The predicted octanol–water partition coefficient (Wildman–Crippen LogP) is 3.59. The van der Waals surface area contributed by atoms with Crippen molar-refractivity contribution in [3.8, 4) is 0 Å². The molecule has 0 amide bonds. The van der Waals surface area contributed by atoms with E-state index in [1.807, 2.05) is 0 Å². The van der Waals surface area contributed by atoms with Crippen molar-refractivity contribution in [1.82, 2.24) is 0 Å². The summed E-state index contributed by atoms with van der Waals surface area (Å²) in [7, 11) is -3.92. The molecule has 3 rings (SSSR count). The van der Waals surface area contributed by atoms with Gasteiger partial charge in [-0.25, -0.2) is 9.18 Å². The third-order valence-corrected chi connectivity index (χ3v) is 5.39. The van der Waals surface area contributed by atoms with E-state index in [4.69, 9.17) is 4.74 Å². The monoisotopic (exact) mass is 388 g/mol. The van der Waals surface area contributed by atoms with Gasteiger partial charge in [-0.1, -0.05) is 18.2 Å². The molecule has 27 heavy (non-hydrogen) atoms. The number of amidine groups is 1. The van der Waals surface area contributed by atoms with Gasteiger partial charge in [-0.15, -0.1) is 4.40 Å². The molecular formula is C19H17FN2O4S. The summed E-state index contributed by atoms with van der Waals surface area (Å²) in [6.45, 7) is 3.58. The van der Waals surface area contributed by atoms with Crippen LogP contribution in [0.25, 0.3) is 4.91 Å². The Balaban J connectivity index is 1.93. The molecule has 1 heterocycles. The van der Waals surface area contributed by atoms with E-state index >= 15 is 0 Å². The van der Waals surface area contributed by atoms with Crippen molar-refractivity contribution in [3.63, 3.8) is 0 Å². The topological polar surface area (TPSA) is 84.8 Å². The number of rotatable bonds is 4. The van der Waals surface area contributed by atoms with Crippen molar-refractivity contribution in [3.05, 3.63) is 71.0 Å². The molecule has 0 atom stereocenters. The maximum atomic E-state index is 13.1. The highest BCUT2D eigenvalue weighted by Crippen LogP contribution is 2.33. The second-order valence-corrected chi connectivity index (χ2v) is 7.34. The molecule has 0 aromatic heterocycles. The van der Waals surface area contributed by atoms with E-state index in [0.717, 1.165) is 0 Å². The van der Waals surface area contributed by atoms with Crippen molar-refractivity contribution in [2.24, 2.45) is 4.40 Å². The third-order valence-electron chi connectivity index (χ3n) is 3.91. The van der Waals surface area contributed by atoms with E-state index in [0.29, 0.717) is 22.4 Å². The van der Waals surface area contributed by atoms with Crippen molar-refractivity contribution >= 4 is 32.4 Å².